The van der Waals surface area contributed by atoms with Crippen LogP contribution in [0.2, 0.25) is 10.0 Å². The fraction of sp³-hybridized carbons (Fsp3) is 0.407. The molecule has 0 saturated carbocycles. The number of hydrogen-bond acceptors (Lipinski definition) is 7. The molecule has 9 nitrogen and oxygen atoms in total. The molecule has 2 atom stereocenters. The van der Waals surface area contributed by atoms with Crippen molar-refractivity contribution in [1.29, 1.82) is 0 Å². The van der Waals surface area contributed by atoms with Crippen molar-refractivity contribution in [2.24, 2.45) is 0 Å². The van der Waals surface area contributed by atoms with E-state index in [2.05, 4.69) is 14.8 Å². The Balaban J connectivity index is 1.17. The normalized spacial score (nSPS) is 22.1. The molecule has 2 saturated heterocycles. The lowest BCUT2D eigenvalue weighted by Gasteiger charge is -2.35. The van der Waals surface area contributed by atoms with Gasteiger partial charge in [-0.15, -0.1) is 0 Å². The average molecular weight is 561 g/mol. The van der Waals surface area contributed by atoms with Gasteiger partial charge < -0.3 is 28.8 Å². The van der Waals surface area contributed by atoms with Gasteiger partial charge in [0.05, 0.1) is 30.9 Å². The van der Waals surface area contributed by atoms with Gasteiger partial charge in [-0.25, -0.2) is 4.98 Å². The van der Waals surface area contributed by atoms with Crippen molar-refractivity contribution in [2.45, 2.75) is 24.9 Å². The van der Waals surface area contributed by atoms with E-state index in [1.165, 1.54) is 0 Å². The zero-order chi connectivity index (χ0) is 26.5. The molecule has 38 heavy (non-hydrogen) atoms. The molecule has 0 amide bonds. The van der Waals surface area contributed by atoms with Crippen molar-refractivity contribution >= 4 is 34.9 Å². The van der Waals surface area contributed by atoms with E-state index < -0.39 is 11.8 Å². The second-order valence-electron chi connectivity index (χ2n) is 9.44. The predicted octanol–water partition coefficient (Wildman–Crippen LogP) is 4.13. The third kappa shape index (κ3) is 6.42. The molecule has 0 aliphatic carbocycles. The Morgan fingerprint density at radius 1 is 1.13 bits per heavy atom. The van der Waals surface area contributed by atoms with Gasteiger partial charge in [0, 0.05) is 61.4 Å². The van der Waals surface area contributed by atoms with Gasteiger partial charge in [0.15, 0.2) is 0 Å². The first kappa shape index (κ1) is 26.8. The van der Waals surface area contributed by atoms with Gasteiger partial charge in [-0.2, -0.15) is 0 Å². The van der Waals surface area contributed by atoms with Crippen molar-refractivity contribution < 1.29 is 24.1 Å². The number of benzene rings is 2. The van der Waals surface area contributed by atoms with E-state index in [-0.39, 0.29) is 12.5 Å². The number of nitrogens with zero attached hydrogens (tertiary/aromatic N) is 4. The number of halogens is 2. The van der Waals surface area contributed by atoms with E-state index in [1.807, 2.05) is 41.1 Å². The summed E-state index contributed by atoms with van der Waals surface area (Å²) in [6, 6.07) is 13.3. The van der Waals surface area contributed by atoms with Crippen LogP contribution in [-0.4, -0.2) is 77.6 Å². The first-order valence-electron chi connectivity index (χ1n) is 12.6. The number of ether oxygens (including phenoxy) is 3. The monoisotopic (exact) mass is 560 g/mol. The second kappa shape index (κ2) is 11.9. The van der Waals surface area contributed by atoms with Gasteiger partial charge in [-0.1, -0.05) is 29.3 Å². The molecule has 0 bridgehead atoms. The number of aromatic nitrogens is 2. The zero-order valence-electron chi connectivity index (χ0n) is 20.8. The van der Waals surface area contributed by atoms with Crippen molar-refractivity contribution in [3.63, 3.8) is 0 Å². The summed E-state index contributed by atoms with van der Waals surface area (Å²) >= 11 is 12.7. The van der Waals surface area contributed by atoms with E-state index in [1.54, 1.807) is 24.7 Å². The molecule has 2 aliphatic heterocycles. The summed E-state index contributed by atoms with van der Waals surface area (Å²) in [5, 5.41) is 9.90. The summed E-state index contributed by atoms with van der Waals surface area (Å²) in [4.78, 5) is 19.4. The number of anilines is 1. The lowest BCUT2D eigenvalue weighted by Crippen LogP contribution is -2.46. The molecule has 11 heteroatoms. The number of hydrogen-bond donors (Lipinski definition) is 1. The minimum absolute atomic E-state index is 0.180. The van der Waals surface area contributed by atoms with Crippen LogP contribution >= 0.6 is 23.2 Å². The molecule has 2 aliphatic rings. The van der Waals surface area contributed by atoms with Gasteiger partial charge in [0.1, 0.15) is 18.5 Å². The molecule has 3 heterocycles. The smallest absolute Gasteiger partial charge is 0.304 e. The molecule has 1 aromatic heterocycles. The summed E-state index contributed by atoms with van der Waals surface area (Å²) < 4.78 is 20.6. The van der Waals surface area contributed by atoms with Gasteiger partial charge in [-0.05, 0) is 36.4 Å². The lowest BCUT2D eigenvalue weighted by molar-refractivity contribution is -0.189. The molecular formula is C27H30Cl2N4O5. The molecule has 2 aromatic carbocycles. The summed E-state index contributed by atoms with van der Waals surface area (Å²) in [5.74, 6) is -1.10. The van der Waals surface area contributed by atoms with Crippen molar-refractivity contribution in [2.75, 3.05) is 50.8 Å². The topological polar surface area (TPSA) is 89.3 Å². The molecule has 0 spiro atoms. The van der Waals surface area contributed by atoms with Crippen LogP contribution in [0.4, 0.5) is 5.69 Å². The molecule has 2 fully saturated rings. The van der Waals surface area contributed by atoms with E-state index in [9.17, 15) is 4.79 Å². The average Bonchev–Trinajstić information content (AvgIpc) is 3.57. The van der Waals surface area contributed by atoms with Crippen LogP contribution in [0.25, 0.3) is 0 Å². The Kier molecular flexibility index (Phi) is 8.40. The predicted molar refractivity (Wildman–Crippen MR) is 144 cm³/mol. The molecule has 0 radical (unpaired) electrons. The second-order valence-corrected chi connectivity index (χ2v) is 10.3. The summed E-state index contributed by atoms with van der Waals surface area (Å²) in [7, 11) is 0. The van der Waals surface area contributed by atoms with Crippen LogP contribution in [-0.2, 0) is 26.6 Å². The third-order valence-corrected chi connectivity index (χ3v) is 7.35. The minimum Gasteiger partial charge on any atom is -0.491 e. The van der Waals surface area contributed by atoms with Crippen LogP contribution in [0.15, 0.2) is 61.2 Å². The van der Waals surface area contributed by atoms with Crippen LogP contribution in [0.1, 0.15) is 12.0 Å². The van der Waals surface area contributed by atoms with Crippen molar-refractivity contribution in [1.82, 2.24) is 14.5 Å². The fourth-order valence-corrected chi connectivity index (χ4v) is 5.35. The molecule has 3 aromatic rings. The van der Waals surface area contributed by atoms with E-state index >= 15 is 0 Å². The summed E-state index contributed by atoms with van der Waals surface area (Å²) in [6.07, 6.45) is 5.14. The molecule has 202 valence electrons. The highest BCUT2D eigenvalue weighted by Gasteiger charge is 2.45. The summed E-state index contributed by atoms with van der Waals surface area (Å²) in [6.45, 7) is 5.06. The number of carboxylic acids is 1. The lowest BCUT2D eigenvalue weighted by atomic mass is 10.1. The largest absolute Gasteiger partial charge is 0.491 e. The standard InChI is InChI=1S/C27H30Cl2N4O5/c28-20-1-6-24(25(29)15-20)27(18-32-10-8-30-19-32)37-17-23(38-27)16-36-22-4-2-21(3-5-22)33-13-11-31(12-14-33)9-7-26(34)35/h1-6,8,10,15,19,23H,7,9,11-14,16-18H2,(H,34,35)/t23-,27-/m1/s1. The Hall–Kier alpha value is -2.82. The van der Waals surface area contributed by atoms with E-state index in [0.717, 1.165) is 37.6 Å². The highest BCUT2D eigenvalue weighted by atomic mass is 35.5. The zero-order valence-corrected chi connectivity index (χ0v) is 22.4. The van der Waals surface area contributed by atoms with Crippen LogP contribution in [0.3, 0.4) is 0 Å². The fourth-order valence-electron chi connectivity index (χ4n) is 4.80. The maximum Gasteiger partial charge on any atom is 0.304 e. The van der Waals surface area contributed by atoms with Crippen molar-refractivity contribution in [3.8, 4) is 5.75 Å². The number of piperazine rings is 1. The number of imidazole rings is 1. The summed E-state index contributed by atoms with van der Waals surface area (Å²) in [5.41, 5.74) is 1.82. The maximum absolute atomic E-state index is 10.8. The molecule has 1 N–H and O–H groups in total. The Morgan fingerprint density at radius 3 is 2.61 bits per heavy atom. The van der Waals surface area contributed by atoms with Gasteiger partial charge in [0.25, 0.3) is 0 Å². The van der Waals surface area contributed by atoms with E-state index in [0.29, 0.717) is 41.9 Å². The number of carboxylic acid groups (broad SMARTS) is 1. The van der Waals surface area contributed by atoms with Gasteiger partial charge in [-0.3, -0.25) is 9.69 Å². The Bertz CT molecular complexity index is 1220. The number of aliphatic carboxylic acids is 1. The first-order chi connectivity index (χ1) is 18.4. The SMILES string of the molecule is O=C(O)CCN1CCN(c2ccc(OC[C@@H]3CO[C@@](Cn4ccnc4)(c4ccc(Cl)cc4Cl)O3)cc2)CC1. The number of carbonyl (C=O) groups is 1. The van der Waals surface area contributed by atoms with Gasteiger partial charge in [0.2, 0.25) is 5.79 Å². The highest BCUT2D eigenvalue weighted by Crippen LogP contribution is 2.40. The third-order valence-electron chi connectivity index (χ3n) is 6.80. The van der Waals surface area contributed by atoms with Crippen molar-refractivity contribution in [3.05, 3.63) is 76.8 Å². The van der Waals surface area contributed by atoms with Crippen LogP contribution in [0, 0.1) is 0 Å². The maximum atomic E-state index is 10.8. The van der Waals surface area contributed by atoms with E-state index in [4.69, 9.17) is 42.5 Å². The van der Waals surface area contributed by atoms with Crippen LogP contribution < -0.4 is 9.64 Å². The molecule has 0 unspecified atom stereocenters. The minimum atomic E-state index is -1.09. The highest BCUT2D eigenvalue weighted by molar-refractivity contribution is 6.35. The molecule has 5 rings (SSSR count). The molecular weight excluding hydrogens is 531 g/mol. The number of rotatable bonds is 10. The Morgan fingerprint density at radius 2 is 1.92 bits per heavy atom. The van der Waals surface area contributed by atoms with Gasteiger partial charge >= 0.3 is 5.97 Å². The first-order valence-corrected chi connectivity index (χ1v) is 13.3. The quantitative estimate of drug-likeness (QED) is 0.396. The van der Waals surface area contributed by atoms with Crippen LogP contribution in [0.5, 0.6) is 5.75 Å². The Labute approximate surface area is 231 Å².